The van der Waals surface area contributed by atoms with Crippen LogP contribution in [0.1, 0.15) is 36.2 Å². The number of nitrogens with one attached hydrogen (secondary N) is 1. The lowest BCUT2D eigenvalue weighted by atomic mass is 10.0. The van der Waals surface area contributed by atoms with Crippen LogP contribution in [0, 0.1) is 0 Å². The summed E-state index contributed by atoms with van der Waals surface area (Å²) in [4.78, 5) is 12.1. The number of para-hydroxylation sites is 1. The molecule has 1 N–H and O–H groups in total. The molecule has 0 fully saturated rings. The van der Waals surface area contributed by atoms with Crippen LogP contribution in [-0.4, -0.2) is 25.0 Å². The molecule has 1 unspecified atom stereocenters. The molecule has 17 heavy (non-hydrogen) atoms. The molecular weight excluding hydrogens is 214 g/mol. The lowest BCUT2D eigenvalue weighted by molar-refractivity contribution is 0.0984. The first kappa shape index (κ1) is 12.1. The Morgan fingerprint density at radius 1 is 1.53 bits per heavy atom. The predicted octanol–water partition coefficient (Wildman–Crippen LogP) is 2.19. The second-order valence-corrected chi connectivity index (χ2v) is 4.51. The minimum Gasteiger partial charge on any atom is -0.492 e. The molecule has 1 aliphatic rings. The molecule has 0 aliphatic carbocycles. The highest BCUT2D eigenvalue weighted by molar-refractivity contribution is 6.00. The van der Waals surface area contributed by atoms with Crippen molar-refractivity contribution in [3.63, 3.8) is 0 Å². The highest BCUT2D eigenvalue weighted by atomic mass is 16.5. The molecule has 0 saturated carbocycles. The number of rotatable bonds is 5. The van der Waals surface area contributed by atoms with Gasteiger partial charge in [0.1, 0.15) is 5.75 Å². The zero-order valence-electron chi connectivity index (χ0n) is 10.5. The molecule has 0 aromatic heterocycles. The average Bonchev–Trinajstić information content (AvgIpc) is 2.83. The summed E-state index contributed by atoms with van der Waals surface area (Å²) in [6.07, 6.45) is 1.94. The van der Waals surface area contributed by atoms with Gasteiger partial charge in [-0.2, -0.15) is 0 Å². The number of ether oxygens (including phenoxy) is 1. The molecule has 1 aromatic carbocycles. The topological polar surface area (TPSA) is 38.3 Å². The first-order valence-corrected chi connectivity index (χ1v) is 6.23. The quantitative estimate of drug-likeness (QED) is 0.792. The number of carbonyl (C=O) groups excluding carboxylic acids is 1. The van der Waals surface area contributed by atoms with Crippen LogP contribution in [0.3, 0.4) is 0 Å². The van der Waals surface area contributed by atoms with Crippen LogP contribution in [0.15, 0.2) is 18.2 Å². The fourth-order valence-electron chi connectivity index (χ4n) is 1.94. The van der Waals surface area contributed by atoms with E-state index in [2.05, 4.69) is 19.2 Å². The number of hydrogen-bond donors (Lipinski definition) is 1. The third-order valence-electron chi connectivity index (χ3n) is 3.24. The lowest BCUT2D eigenvalue weighted by Gasteiger charge is -2.11. The van der Waals surface area contributed by atoms with Crippen molar-refractivity contribution in [1.29, 1.82) is 0 Å². The maximum absolute atomic E-state index is 12.1. The van der Waals surface area contributed by atoms with Gasteiger partial charge >= 0.3 is 0 Å². The van der Waals surface area contributed by atoms with Gasteiger partial charge in [0.25, 0.3) is 0 Å². The van der Waals surface area contributed by atoms with E-state index in [1.165, 1.54) is 0 Å². The third kappa shape index (κ3) is 2.67. The van der Waals surface area contributed by atoms with E-state index in [1.54, 1.807) is 0 Å². The van der Waals surface area contributed by atoms with Gasteiger partial charge in [0.2, 0.25) is 0 Å². The fraction of sp³-hybridized carbons (Fsp3) is 0.500. The molecule has 1 aliphatic heterocycles. The molecule has 1 heterocycles. The van der Waals surface area contributed by atoms with Crippen LogP contribution in [0.2, 0.25) is 0 Å². The van der Waals surface area contributed by atoms with E-state index in [0.717, 1.165) is 29.7 Å². The normalized spacial score (nSPS) is 15.2. The van der Waals surface area contributed by atoms with Crippen LogP contribution in [0.4, 0.5) is 0 Å². The zero-order chi connectivity index (χ0) is 12.3. The second-order valence-electron chi connectivity index (χ2n) is 4.51. The standard InChI is InChI=1S/C14H19NO2/c1-3-10(2)15-9-13(16)12-6-4-5-11-7-8-17-14(11)12/h4-6,10,15H,3,7-9H2,1-2H3. The maximum Gasteiger partial charge on any atom is 0.180 e. The van der Waals surface area contributed by atoms with Gasteiger partial charge in [-0.3, -0.25) is 4.79 Å². The number of hydrogen-bond acceptors (Lipinski definition) is 3. The van der Waals surface area contributed by atoms with Gasteiger partial charge in [0.15, 0.2) is 5.78 Å². The Morgan fingerprint density at radius 2 is 2.35 bits per heavy atom. The van der Waals surface area contributed by atoms with Gasteiger partial charge in [0, 0.05) is 12.5 Å². The number of Topliss-reactive ketones (excluding diaryl/α,β-unsaturated/α-hetero) is 1. The first-order chi connectivity index (χ1) is 8.22. The van der Waals surface area contributed by atoms with E-state index >= 15 is 0 Å². The van der Waals surface area contributed by atoms with Gasteiger partial charge in [-0.15, -0.1) is 0 Å². The van der Waals surface area contributed by atoms with Crippen LogP contribution in [-0.2, 0) is 6.42 Å². The van der Waals surface area contributed by atoms with Crippen LogP contribution < -0.4 is 10.1 Å². The molecule has 92 valence electrons. The maximum atomic E-state index is 12.1. The summed E-state index contributed by atoms with van der Waals surface area (Å²) in [7, 11) is 0. The van der Waals surface area contributed by atoms with Crippen LogP contribution >= 0.6 is 0 Å². The van der Waals surface area contributed by atoms with Gasteiger partial charge < -0.3 is 10.1 Å². The first-order valence-electron chi connectivity index (χ1n) is 6.23. The van der Waals surface area contributed by atoms with E-state index in [0.29, 0.717) is 19.2 Å². The van der Waals surface area contributed by atoms with Crippen molar-refractivity contribution in [3.05, 3.63) is 29.3 Å². The monoisotopic (exact) mass is 233 g/mol. The Hall–Kier alpha value is -1.35. The summed E-state index contributed by atoms with van der Waals surface area (Å²) in [5.41, 5.74) is 1.87. The number of benzene rings is 1. The molecule has 0 spiro atoms. The van der Waals surface area contributed by atoms with Gasteiger partial charge in [-0.05, 0) is 25.0 Å². The SMILES string of the molecule is CCC(C)NCC(=O)c1cccc2c1OCC2. The summed E-state index contributed by atoms with van der Waals surface area (Å²) < 4.78 is 5.54. The molecule has 0 amide bonds. The van der Waals surface area contributed by atoms with Crippen molar-refractivity contribution >= 4 is 5.78 Å². The number of ketones is 1. The Morgan fingerprint density at radius 3 is 3.12 bits per heavy atom. The fourth-order valence-corrected chi connectivity index (χ4v) is 1.94. The minimum atomic E-state index is 0.115. The molecule has 3 nitrogen and oxygen atoms in total. The molecule has 0 bridgehead atoms. The lowest BCUT2D eigenvalue weighted by Crippen LogP contribution is -2.31. The van der Waals surface area contributed by atoms with Gasteiger partial charge in [-0.1, -0.05) is 19.1 Å². The van der Waals surface area contributed by atoms with Crippen LogP contribution in [0.5, 0.6) is 5.75 Å². The Kier molecular flexibility index (Phi) is 3.79. The molecule has 0 radical (unpaired) electrons. The summed E-state index contributed by atoms with van der Waals surface area (Å²) in [5.74, 6) is 0.910. The van der Waals surface area contributed by atoms with E-state index in [4.69, 9.17) is 4.74 Å². The van der Waals surface area contributed by atoms with Crippen molar-refractivity contribution < 1.29 is 9.53 Å². The summed E-state index contributed by atoms with van der Waals surface area (Å²) in [6, 6.07) is 6.19. The Bertz CT molecular complexity index is 415. The summed E-state index contributed by atoms with van der Waals surface area (Å²) in [6.45, 7) is 5.26. The van der Waals surface area contributed by atoms with E-state index in [9.17, 15) is 4.79 Å². The molecule has 1 atom stereocenters. The molecule has 2 rings (SSSR count). The second kappa shape index (κ2) is 5.32. The van der Waals surface area contributed by atoms with E-state index in [1.807, 2.05) is 18.2 Å². The van der Waals surface area contributed by atoms with E-state index in [-0.39, 0.29) is 5.78 Å². The van der Waals surface area contributed by atoms with Gasteiger partial charge in [-0.25, -0.2) is 0 Å². The van der Waals surface area contributed by atoms with Crippen molar-refractivity contribution in [2.45, 2.75) is 32.7 Å². The van der Waals surface area contributed by atoms with Crippen LogP contribution in [0.25, 0.3) is 0 Å². The van der Waals surface area contributed by atoms with Gasteiger partial charge in [0.05, 0.1) is 18.7 Å². The summed E-state index contributed by atoms with van der Waals surface area (Å²) >= 11 is 0. The third-order valence-corrected chi connectivity index (χ3v) is 3.24. The molecule has 1 aromatic rings. The highest BCUT2D eigenvalue weighted by Gasteiger charge is 2.20. The zero-order valence-corrected chi connectivity index (χ0v) is 10.5. The molecule has 3 heteroatoms. The molecule has 0 saturated heterocycles. The highest BCUT2D eigenvalue weighted by Crippen LogP contribution is 2.29. The van der Waals surface area contributed by atoms with E-state index < -0.39 is 0 Å². The Balaban J connectivity index is 2.07. The van der Waals surface area contributed by atoms with Crippen molar-refractivity contribution in [1.82, 2.24) is 5.32 Å². The minimum absolute atomic E-state index is 0.115. The Labute approximate surface area is 102 Å². The average molecular weight is 233 g/mol. The largest absolute Gasteiger partial charge is 0.492 e. The predicted molar refractivity (Wildman–Crippen MR) is 67.7 cm³/mol. The number of carbonyl (C=O) groups is 1. The smallest absolute Gasteiger partial charge is 0.180 e. The van der Waals surface area contributed by atoms with Crippen molar-refractivity contribution in [3.8, 4) is 5.75 Å². The summed E-state index contributed by atoms with van der Waals surface area (Å²) in [5, 5.41) is 3.22. The number of fused-ring (bicyclic) bond motifs is 1. The van der Waals surface area contributed by atoms with Crippen molar-refractivity contribution in [2.24, 2.45) is 0 Å². The van der Waals surface area contributed by atoms with Crippen molar-refractivity contribution in [2.75, 3.05) is 13.2 Å². The molecular formula is C14H19NO2.